The van der Waals surface area contributed by atoms with Gasteiger partial charge in [-0.3, -0.25) is 0 Å². The molecule has 13 heavy (non-hydrogen) atoms. The molecule has 1 aromatic rings. The fraction of sp³-hybridized carbons (Fsp3) is 0.300. The van der Waals surface area contributed by atoms with Crippen molar-refractivity contribution in [2.75, 3.05) is 11.5 Å². The zero-order chi connectivity index (χ0) is 9.52. The van der Waals surface area contributed by atoms with Crippen LogP contribution < -0.4 is 5.73 Å². The third-order valence-electron chi connectivity index (χ3n) is 1.50. The van der Waals surface area contributed by atoms with Crippen LogP contribution in [0.1, 0.15) is 12.8 Å². The van der Waals surface area contributed by atoms with Crippen LogP contribution in [0.4, 0.5) is 5.69 Å². The van der Waals surface area contributed by atoms with Gasteiger partial charge in [0, 0.05) is 18.4 Å². The van der Waals surface area contributed by atoms with E-state index in [1.165, 1.54) is 0 Å². The molecular formula is C10H12N2S. The van der Waals surface area contributed by atoms with Crippen molar-refractivity contribution in [3.05, 3.63) is 18.3 Å². The Morgan fingerprint density at radius 3 is 3.15 bits per heavy atom. The van der Waals surface area contributed by atoms with Crippen LogP contribution in [-0.2, 0) is 0 Å². The smallest absolute Gasteiger partial charge is 0.119 e. The molecule has 0 amide bonds. The molecule has 0 aliphatic heterocycles. The molecule has 0 saturated heterocycles. The van der Waals surface area contributed by atoms with Gasteiger partial charge in [0.25, 0.3) is 0 Å². The number of unbranched alkanes of at least 4 members (excludes halogenated alkanes) is 1. The van der Waals surface area contributed by atoms with E-state index >= 15 is 0 Å². The lowest BCUT2D eigenvalue weighted by Crippen LogP contribution is -1.91. The molecule has 0 unspecified atom stereocenters. The normalized spacial score (nSPS) is 9.46. The average Bonchev–Trinajstić information content (AvgIpc) is 2.15. The van der Waals surface area contributed by atoms with E-state index in [0.717, 1.165) is 29.3 Å². The van der Waals surface area contributed by atoms with Crippen molar-refractivity contribution in [1.82, 2.24) is 4.98 Å². The van der Waals surface area contributed by atoms with E-state index in [9.17, 15) is 0 Å². The highest BCUT2D eigenvalue weighted by atomic mass is 32.2. The van der Waals surface area contributed by atoms with Gasteiger partial charge in [0.05, 0.1) is 5.69 Å². The Morgan fingerprint density at radius 2 is 2.46 bits per heavy atom. The van der Waals surface area contributed by atoms with E-state index in [1.807, 2.05) is 12.1 Å². The number of pyridine rings is 1. The highest BCUT2D eigenvalue weighted by Gasteiger charge is 1.98. The molecule has 0 radical (unpaired) electrons. The SMILES string of the molecule is C#CCCCSc1ncccc1N. The van der Waals surface area contributed by atoms with Gasteiger partial charge in [-0.1, -0.05) is 0 Å². The topological polar surface area (TPSA) is 38.9 Å². The van der Waals surface area contributed by atoms with Gasteiger partial charge in [-0.15, -0.1) is 24.1 Å². The van der Waals surface area contributed by atoms with Gasteiger partial charge in [0.1, 0.15) is 5.03 Å². The Morgan fingerprint density at radius 1 is 1.62 bits per heavy atom. The van der Waals surface area contributed by atoms with Gasteiger partial charge in [-0.2, -0.15) is 0 Å². The van der Waals surface area contributed by atoms with Gasteiger partial charge in [-0.25, -0.2) is 4.98 Å². The summed E-state index contributed by atoms with van der Waals surface area (Å²) in [6, 6.07) is 3.69. The number of nitrogen functional groups attached to an aromatic ring is 1. The van der Waals surface area contributed by atoms with Gasteiger partial charge < -0.3 is 5.73 Å². The largest absolute Gasteiger partial charge is 0.397 e. The molecule has 0 aliphatic carbocycles. The number of nitrogens with zero attached hydrogens (tertiary/aromatic N) is 1. The monoisotopic (exact) mass is 192 g/mol. The second-order valence-electron chi connectivity index (χ2n) is 2.55. The van der Waals surface area contributed by atoms with Crippen LogP contribution in [0, 0.1) is 12.3 Å². The van der Waals surface area contributed by atoms with Crippen LogP contribution >= 0.6 is 11.8 Å². The number of aromatic nitrogens is 1. The van der Waals surface area contributed by atoms with Gasteiger partial charge in [0.2, 0.25) is 0 Å². The third-order valence-corrected chi connectivity index (χ3v) is 2.61. The van der Waals surface area contributed by atoms with Crippen LogP contribution in [0.5, 0.6) is 0 Å². The quantitative estimate of drug-likeness (QED) is 0.451. The van der Waals surface area contributed by atoms with Crippen molar-refractivity contribution in [2.24, 2.45) is 0 Å². The van der Waals surface area contributed by atoms with Gasteiger partial charge in [0.15, 0.2) is 0 Å². The summed E-state index contributed by atoms with van der Waals surface area (Å²) in [6.07, 6.45) is 8.72. The summed E-state index contributed by atoms with van der Waals surface area (Å²) in [6.45, 7) is 0. The van der Waals surface area contributed by atoms with Crippen molar-refractivity contribution in [1.29, 1.82) is 0 Å². The Kier molecular flexibility index (Phi) is 4.20. The van der Waals surface area contributed by atoms with Crippen molar-refractivity contribution in [3.63, 3.8) is 0 Å². The van der Waals surface area contributed by atoms with E-state index < -0.39 is 0 Å². The number of anilines is 1. The van der Waals surface area contributed by atoms with E-state index in [-0.39, 0.29) is 0 Å². The van der Waals surface area contributed by atoms with Gasteiger partial charge >= 0.3 is 0 Å². The lowest BCUT2D eigenvalue weighted by molar-refractivity contribution is 0.993. The summed E-state index contributed by atoms with van der Waals surface area (Å²) in [7, 11) is 0. The molecular weight excluding hydrogens is 180 g/mol. The second-order valence-corrected chi connectivity index (χ2v) is 3.64. The lowest BCUT2D eigenvalue weighted by Gasteiger charge is -2.01. The first-order chi connectivity index (χ1) is 6.34. The minimum atomic E-state index is 0.744. The number of hydrogen-bond donors (Lipinski definition) is 1. The summed E-state index contributed by atoms with van der Waals surface area (Å²) >= 11 is 1.66. The van der Waals surface area contributed by atoms with Crippen molar-refractivity contribution in [3.8, 4) is 12.3 Å². The molecule has 0 fully saturated rings. The molecule has 0 spiro atoms. The summed E-state index contributed by atoms with van der Waals surface area (Å²) in [5, 5.41) is 0.902. The molecule has 1 rings (SSSR count). The molecule has 2 nitrogen and oxygen atoms in total. The fourth-order valence-corrected chi connectivity index (χ4v) is 1.72. The molecule has 0 bridgehead atoms. The molecule has 3 heteroatoms. The molecule has 0 saturated carbocycles. The van der Waals surface area contributed by atoms with Crippen LogP contribution in [0.3, 0.4) is 0 Å². The van der Waals surface area contributed by atoms with E-state index in [2.05, 4.69) is 10.9 Å². The van der Waals surface area contributed by atoms with E-state index in [1.54, 1.807) is 18.0 Å². The van der Waals surface area contributed by atoms with Crippen LogP contribution in [0.2, 0.25) is 0 Å². The molecule has 1 aromatic heterocycles. The minimum absolute atomic E-state index is 0.744. The summed E-state index contributed by atoms with van der Waals surface area (Å²) in [4.78, 5) is 4.16. The number of rotatable bonds is 4. The highest BCUT2D eigenvalue weighted by molar-refractivity contribution is 7.99. The maximum absolute atomic E-state index is 5.71. The maximum atomic E-state index is 5.71. The zero-order valence-electron chi connectivity index (χ0n) is 7.36. The molecule has 0 atom stereocenters. The molecule has 0 aliphatic rings. The Balaban J connectivity index is 2.37. The Hall–Kier alpha value is -1.14. The van der Waals surface area contributed by atoms with Crippen molar-refractivity contribution >= 4 is 17.4 Å². The third kappa shape index (κ3) is 3.39. The number of nitrogens with two attached hydrogens (primary N) is 1. The summed E-state index contributed by atoms with van der Waals surface area (Å²) in [5.74, 6) is 3.58. The predicted molar refractivity (Wildman–Crippen MR) is 57.4 cm³/mol. The van der Waals surface area contributed by atoms with Crippen LogP contribution in [-0.4, -0.2) is 10.7 Å². The minimum Gasteiger partial charge on any atom is -0.397 e. The highest BCUT2D eigenvalue weighted by Crippen LogP contribution is 2.22. The van der Waals surface area contributed by atoms with Crippen LogP contribution in [0.15, 0.2) is 23.4 Å². The van der Waals surface area contributed by atoms with Gasteiger partial charge in [-0.05, 0) is 18.6 Å². The van der Waals surface area contributed by atoms with E-state index in [0.29, 0.717) is 0 Å². The van der Waals surface area contributed by atoms with Crippen molar-refractivity contribution in [2.45, 2.75) is 17.9 Å². The molecule has 1 heterocycles. The first kappa shape index (κ1) is 9.94. The van der Waals surface area contributed by atoms with Crippen LogP contribution in [0.25, 0.3) is 0 Å². The predicted octanol–water partition coefficient (Wildman–Crippen LogP) is 2.17. The first-order valence-electron chi connectivity index (χ1n) is 4.11. The lowest BCUT2D eigenvalue weighted by atomic mass is 10.4. The number of terminal acetylenes is 1. The summed E-state index contributed by atoms with van der Waals surface area (Å²) < 4.78 is 0. The molecule has 0 aromatic carbocycles. The molecule has 68 valence electrons. The zero-order valence-corrected chi connectivity index (χ0v) is 8.18. The Bertz CT molecular complexity index is 304. The van der Waals surface area contributed by atoms with Crippen molar-refractivity contribution < 1.29 is 0 Å². The Labute approximate surface area is 82.9 Å². The standard InChI is InChI=1S/C10H12N2S/c1-2-3-4-8-13-10-9(11)6-5-7-12-10/h1,5-7H,3-4,8,11H2. The summed E-state index contributed by atoms with van der Waals surface area (Å²) in [5.41, 5.74) is 6.46. The van der Waals surface area contributed by atoms with E-state index in [4.69, 9.17) is 12.2 Å². The maximum Gasteiger partial charge on any atom is 0.119 e. The second kappa shape index (κ2) is 5.50. The average molecular weight is 192 g/mol. The fourth-order valence-electron chi connectivity index (χ4n) is 0.867. The molecule has 2 N–H and O–H groups in total. The first-order valence-corrected chi connectivity index (χ1v) is 5.10. The number of hydrogen-bond acceptors (Lipinski definition) is 3. The number of thioether (sulfide) groups is 1.